The summed E-state index contributed by atoms with van der Waals surface area (Å²) >= 11 is 0. The summed E-state index contributed by atoms with van der Waals surface area (Å²) < 4.78 is 5.57. The van der Waals surface area contributed by atoms with Crippen LogP contribution in [0, 0.1) is 0 Å². The van der Waals surface area contributed by atoms with Gasteiger partial charge in [-0.15, -0.1) is 24.0 Å². The Labute approximate surface area is 189 Å². The first kappa shape index (κ1) is 22.9. The van der Waals surface area contributed by atoms with Crippen molar-refractivity contribution in [3.8, 4) is 11.5 Å². The molecule has 0 amide bonds. The summed E-state index contributed by atoms with van der Waals surface area (Å²) in [6.45, 7) is 2.19. The highest BCUT2D eigenvalue weighted by molar-refractivity contribution is 14.0. The quantitative estimate of drug-likeness (QED) is 0.290. The molecule has 3 aromatic rings. The minimum atomic E-state index is 0. The van der Waals surface area contributed by atoms with Crippen molar-refractivity contribution >= 4 is 29.9 Å². The summed E-state index contributed by atoms with van der Waals surface area (Å²) in [4.78, 5) is 11.0. The summed E-state index contributed by atoms with van der Waals surface area (Å²) in [5.74, 6) is 1.35. The zero-order valence-corrected chi connectivity index (χ0v) is 19.4. The molecule has 0 aliphatic carbocycles. The fourth-order valence-electron chi connectivity index (χ4n) is 2.81. The van der Waals surface area contributed by atoms with Crippen LogP contribution in [0.4, 0.5) is 0 Å². The first-order valence-electron chi connectivity index (χ1n) is 9.31. The summed E-state index contributed by atoms with van der Waals surface area (Å²) in [5.41, 5.74) is 4.30. The molecular formula is C22H28IN5O. The van der Waals surface area contributed by atoms with Gasteiger partial charge < -0.3 is 20.0 Å². The van der Waals surface area contributed by atoms with Crippen LogP contribution in [0.3, 0.4) is 0 Å². The molecule has 1 heterocycles. The van der Waals surface area contributed by atoms with E-state index in [4.69, 9.17) is 4.42 Å². The highest BCUT2D eigenvalue weighted by Gasteiger charge is 2.07. The Bertz CT molecular complexity index is 891. The van der Waals surface area contributed by atoms with E-state index < -0.39 is 0 Å². The van der Waals surface area contributed by atoms with Gasteiger partial charge in [-0.1, -0.05) is 42.5 Å². The van der Waals surface area contributed by atoms with Gasteiger partial charge in [0.1, 0.15) is 6.26 Å². The molecule has 0 aliphatic rings. The van der Waals surface area contributed by atoms with Crippen LogP contribution in [0.1, 0.15) is 16.8 Å². The highest BCUT2D eigenvalue weighted by atomic mass is 127. The van der Waals surface area contributed by atoms with E-state index in [9.17, 15) is 0 Å². The molecular weight excluding hydrogens is 477 g/mol. The van der Waals surface area contributed by atoms with Crippen molar-refractivity contribution in [3.63, 3.8) is 0 Å². The molecule has 0 aliphatic heterocycles. The minimum Gasteiger partial charge on any atom is -0.444 e. The number of guanidine groups is 1. The van der Waals surface area contributed by atoms with Gasteiger partial charge in [0, 0.05) is 25.7 Å². The second-order valence-electron chi connectivity index (χ2n) is 6.84. The van der Waals surface area contributed by atoms with Crippen molar-refractivity contribution < 1.29 is 4.42 Å². The van der Waals surface area contributed by atoms with E-state index in [2.05, 4.69) is 63.9 Å². The zero-order valence-electron chi connectivity index (χ0n) is 17.1. The molecule has 3 rings (SSSR count). The van der Waals surface area contributed by atoms with Gasteiger partial charge in [-0.3, -0.25) is 4.99 Å². The van der Waals surface area contributed by atoms with Gasteiger partial charge in [-0.25, -0.2) is 4.98 Å². The molecule has 0 spiro atoms. The summed E-state index contributed by atoms with van der Waals surface area (Å²) in [5, 5.41) is 6.59. The average Bonchev–Trinajstić information content (AvgIpc) is 3.19. The number of nitrogens with zero attached hydrogens (tertiary/aromatic N) is 3. The smallest absolute Gasteiger partial charge is 0.226 e. The number of hydrogen-bond donors (Lipinski definition) is 2. The molecule has 2 aromatic carbocycles. The first-order chi connectivity index (χ1) is 13.6. The molecule has 7 heteroatoms. The van der Waals surface area contributed by atoms with E-state index in [0.717, 1.165) is 23.8 Å². The number of rotatable bonds is 7. The van der Waals surface area contributed by atoms with E-state index in [1.165, 1.54) is 11.1 Å². The fraction of sp³-hybridized carbons (Fsp3) is 0.273. The van der Waals surface area contributed by atoms with Gasteiger partial charge in [-0.2, -0.15) is 0 Å². The van der Waals surface area contributed by atoms with E-state index >= 15 is 0 Å². The molecule has 0 saturated heterocycles. The lowest BCUT2D eigenvalue weighted by molar-refractivity contribution is 0.402. The Morgan fingerprint density at radius 2 is 1.62 bits per heavy atom. The maximum absolute atomic E-state index is 5.57. The van der Waals surface area contributed by atoms with Gasteiger partial charge in [0.2, 0.25) is 5.89 Å². The van der Waals surface area contributed by atoms with Crippen LogP contribution >= 0.6 is 24.0 Å². The third-order valence-electron chi connectivity index (χ3n) is 4.21. The van der Waals surface area contributed by atoms with E-state index in [1.807, 2.05) is 30.3 Å². The normalized spacial score (nSPS) is 11.2. The van der Waals surface area contributed by atoms with E-state index in [-0.39, 0.29) is 24.0 Å². The summed E-state index contributed by atoms with van der Waals surface area (Å²) in [6, 6.07) is 18.5. The number of benzene rings is 2. The van der Waals surface area contributed by atoms with Gasteiger partial charge in [0.25, 0.3) is 0 Å². The van der Waals surface area contributed by atoms with Crippen LogP contribution in [0.25, 0.3) is 11.5 Å². The molecule has 29 heavy (non-hydrogen) atoms. The monoisotopic (exact) mass is 505 g/mol. The van der Waals surface area contributed by atoms with Crippen LogP contribution in [-0.4, -0.2) is 37.0 Å². The predicted molar refractivity (Wildman–Crippen MR) is 128 cm³/mol. The predicted octanol–water partition coefficient (Wildman–Crippen LogP) is 3.89. The minimum absolute atomic E-state index is 0. The maximum Gasteiger partial charge on any atom is 0.226 e. The number of oxazole rings is 1. The van der Waals surface area contributed by atoms with Crippen molar-refractivity contribution in [2.75, 3.05) is 21.1 Å². The molecule has 0 fully saturated rings. The molecule has 0 atom stereocenters. The topological polar surface area (TPSA) is 65.7 Å². The molecule has 0 radical (unpaired) electrons. The second kappa shape index (κ2) is 11.6. The average molecular weight is 505 g/mol. The number of halogens is 1. The van der Waals surface area contributed by atoms with Crippen LogP contribution < -0.4 is 10.6 Å². The SMILES string of the molecule is CN=C(NCc1ccc(CN(C)C)cc1)NCc1coc(-c2ccccc2)n1.I. The lowest BCUT2D eigenvalue weighted by Gasteiger charge is -2.12. The van der Waals surface area contributed by atoms with E-state index in [0.29, 0.717) is 19.0 Å². The zero-order chi connectivity index (χ0) is 19.8. The number of aromatic nitrogens is 1. The van der Waals surface area contributed by atoms with Crippen molar-refractivity contribution in [3.05, 3.63) is 77.7 Å². The van der Waals surface area contributed by atoms with Crippen molar-refractivity contribution in [2.24, 2.45) is 4.99 Å². The Balaban J connectivity index is 0.00000300. The fourth-order valence-corrected chi connectivity index (χ4v) is 2.81. The van der Waals surface area contributed by atoms with Crippen molar-refractivity contribution in [1.29, 1.82) is 0 Å². The van der Waals surface area contributed by atoms with Crippen LogP contribution in [0.5, 0.6) is 0 Å². The number of nitrogens with one attached hydrogen (secondary N) is 2. The Morgan fingerprint density at radius 1 is 0.966 bits per heavy atom. The lowest BCUT2D eigenvalue weighted by atomic mass is 10.1. The molecule has 1 aromatic heterocycles. The molecule has 2 N–H and O–H groups in total. The third kappa shape index (κ3) is 7.17. The third-order valence-corrected chi connectivity index (χ3v) is 4.21. The number of aliphatic imine (C=N–C) groups is 1. The van der Waals surface area contributed by atoms with Gasteiger partial charge in [-0.05, 0) is 37.4 Å². The largest absolute Gasteiger partial charge is 0.444 e. The van der Waals surface area contributed by atoms with Crippen LogP contribution in [0.2, 0.25) is 0 Å². The molecule has 6 nitrogen and oxygen atoms in total. The van der Waals surface area contributed by atoms with E-state index in [1.54, 1.807) is 13.3 Å². The van der Waals surface area contributed by atoms with Crippen LogP contribution in [-0.2, 0) is 19.6 Å². The summed E-state index contributed by atoms with van der Waals surface area (Å²) in [6.07, 6.45) is 1.67. The van der Waals surface area contributed by atoms with Gasteiger partial charge >= 0.3 is 0 Å². The first-order valence-corrected chi connectivity index (χ1v) is 9.31. The van der Waals surface area contributed by atoms with Crippen molar-refractivity contribution in [2.45, 2.75) is 19.6 Å². The molecule has 0 saturated carbocycles. The van der Waals surface area contributed by atoms with Crippen molar-refractivity contribution in [1.82, 2.24) is 20.5 Å². The Kier molecular flexibility index (Phi) is 9.14. The summed E-state index contributed by atoms with van der Waals surface area (Å²) in [7, 11) is 5.90. The Hall–Kier alpha value is -2.39. The Morgan fingerprint density at radius 3 is 2.28 bits per heavy atom. The van der Waals surface area contributed by atoms with Gasteiger partial charge in [0.05, 0.1) is 12.2 Å². The van der Waals surface area contributed by atoms with Crippen LogP contribution in [0.15, 0.2) is 70.3 Å². The molecule has 0 bridgehead atoms. The highest BCUT2D eigenvalue weighted by Crippen LogP contribution is 2.17. The lowest BCUT2D eigenvalue weighted by Crippen LogP contribution is -2.36. The number of hydrogen-bond acceptors (Lipinski definition) is 4. The molecule has 154 valence electrons. The van der Waals surface area contributed by atoms with Gasteiger partial charge in [0.15, 0.2) is 5.96 Å². The molecule has 0 unspecified atom stereocenters. The second-order valence-corrected chi connectivity index (χ2v) is 6.84. The standard InChI is InChI=1S/C22H27N5O.HI/c1-23-22(24-13-17-9-11-18(12-10-17)15-27(2)3)25-14-20-16-28-21(26-20)19-7-5-4-6-8-19;/h4-12,16H,13-15H2,1-3H3,(H2,23,24,25);1H. The maximum atomic E-state index is 5.57.